The summed E-state index contributed by atoms with van der Waals surface area (Å²) < 4.78 is 11.4. The fraction of sp³-hybridized carbons (Fsp3) is 0.562. The first-order valence-corrected chi connectivity index (χ1v) is 7.64. The van der Waals surface area contributed by atoms with Crippen LogP contribution >= 0.6 is 0 Å². The number of carbonyl (C=O) groups excluding carboxylic acids is 1. The van der Waals surface area contributed by atoms with Crippen LogP contribution in [0.2, 0.25) is 0 Å². The fourth-order valence-electron chi connectivity index (χ4n) is 3.54. The quantitative estimate of drug-likeness (QED) is 0.839. The van der Waals surface area contributed by atoms with Crippen molar-refractivity contribution in [2.24, 2.45) is 5.41 Å². The van der Waals surface area contributed by atoms with Gasteiger partial charge >= 0.3 is 0 Å². The molecule has 0 bridgehead atoms. The maximum absolute atomic E-state index is 12.5. The SMILES string of the molecule is O=C(C1COc2ccccc2O1)N1CC2(CCNCC2)C1. The molecule has 1 amide bonds. The monoisotopic (exact) mass is 288 g/mol. The lowest BCUT2D eigenvalue weighted by Crippen LogP contribution is -2.64. The van der Waals surface area contributed by atoms with Gasteiger partial charge in [0.2, 0.25) is 6.10 Å². The summed E-state index contributed by atoms with van der Waals surface area (Å²) in [6.45, 7) is 4.18. The maximum Gasteiger partial charge on any atom is 0.267 e. The number of hydrogen-bond acceptors (Lipinski definition) is 4. The average Bonchev–Trinajstić information content (AvgIpc) is 2.52. The molecule has 3 aliphatic rings. The molecule has 1 N–H and O–H groups in total. The number of fused-ring (bicyclic) bond motifs is 1. The lowest BCUT2D eigenvalue weighted by atomic mass is 9.72. The lowest BCUT2D eigenvalue weighted by Gasteiger charge is -2.53. The molecule has 21 heavy (non-hydrogen) atoms. The highest BCUT2D eigenvalue weighted by Crippen LogP contribution is 2.39. The van der Waals surface area contributed by atoms with Gasteiger partial charge in [-0.1, -0.05) is 12.1 Å². The molecule has 1 aromatic rings. The number of nitrogens with zero attached hydrogens (tertiary/aromatic N) is 1. The van der Waals surface area contributed by atoms with E-state index in [2.05, 4.69) is 5.32 Å². The first-order valence-electron chi connectivity index (χ1n) is 7.64. The highest BCUT2D eigenvalue weighted by molar-refractivity contribution is 5.82. The van der Waals surface area contributed by atoms with Gasteiger partial charge in [0.25, 0.3) is 5.91 Å². The number of para-hydroxylation sites is 2. The molecule has 3 heterocycles. The third kappa shape index (κ3) is 2.25. The molecule has 3 aliphatic heterocycles. The van der Waals surface area contributed by atoms with Gasteiger partial charge in [-0.15, -0.1) is 0 Å². The molecule has 1 spiro atoms. The van der Waals surface area contributed by atoms with Crippen LogP contribution < -0.4 is 14.8 Å². The van der Waals surface area contributed by atoms with Crippen LogP contribution in [0.4, 0.5) is 0 Å². The third-order valence-corrected chi connectivity index (χ3v) is 4.81. The van der Waals surface area contributed by atoms with Crippen LogP contribution in [-0.2, 0) is 4.79 Å². The molecule has 2 saturated heterocycles. The van der Waals surface area contributed by atoms with E-state index < -0.39 is 6.10 Å². The Bertz CT molecular complexity index is 546. The van der Waals surface area contributed by atoms with E-state index >= 15 is 0 Å². The maximum atomic E-state index is 12.5. The fourth-order valence-corrected chi connectivity index (χ4v) is 3.54. The van der Waals surface area contributed by atoms with Gasteiger partial charge in [-0.25, -0.2) is 0 Å². The van der Waals surface area contributed by atoms with Crippen molar-refractivity contribution in [2.75, 3.05) is 32.8 Å². The Hall–Kier alpha value is -1.75. The second-order valence-corrected chi connectivity index (χ2v) is 6.31. The largest absolute Gasteiger partial charge is 0.485 e. The minimum absolute atomic E-state index is 0.0636. The van der Waals surface area contributed by atoms with E-state index in [0.717, 1.165) is 31.9 Å². The summed E-state index contributed by atoms with van der Waals surface area (Å²) in [6, 6.07) is 7.51. The molecule has 0 aromatic heterocycles. The molecule has 1 unspecified atom stereocenters. The van der Waals surface area contributed by atoms with E-state index in [0.29, 0.717) is 17.8 Å². The van der Waals surface area contributed by atoms with Crippen LogP contribution in [0.5, 0.6) is 11.5 Å². The van der Waals surface area contributed by atoms with E-state index in [1.807, 2.05) is 29.2 Å². The molecule has 1 aromatic carbocycles. The Kier molecular flexibility index (Phi) is 3.03. The molecule has 112 valence electrons. The van der Waals surface area contributed by atoms with E-state index in [1.54, 1.807) is 0 Å². The molecule has 4 rings (SSSR count). The van der Waals surface area contributed by atoms with E-state index in [4.69, 9.17) is 9.47 Å². The van der Waals surface area contributed by atoms with Crippen molar-refractivity contribution in [3.05, 3.63) is 24.3 Å². The zero-order chi connectivity index (χ0) is 14.3. The Morgan fingerprint density at radius 2 is 1.90 bits per heavy atom. The molecule has 0 saturated carbocycles. The number of ether oxygens (including phenoxy) is 2. The van der Waals surface area contributed by atoms with Crippen molar-refractivity contribution in [1.29, 1.82) is 0 Å². The second kappa shape index (κ2) is 4.91. The van der Waals surface area contributed by atoms with Crippen molar-refractivity contribution in [1.82, 2.24) is 10.2 Å². The van der Waals surface area contributed by atoms with Crippen LogP contribution in [0.3, 0.4) is 0 Å². The topological polar surface area (TPSA) is 50.8 Å². The van der Waals surface area contributed by atoms with Gasteiger partial charge in [-0.3, -0.25) is 4.79 Å². The summed E-state index contributed by atoms with van der Waals surface area (Å²) in [5, 5.41) is 3.38. The van der Waals surface area contributed by atoms with Gasteiger partial charge < -0.3 is 19.7 Å². The normalized spacial score (nSPS) is 26.3. The number of rotatable bonds is 1. The van der Waals surface area contributed by atoms with Crippen LogP contribution in [-0.4, -0.2) is 49.7 Å². The lowest BCUT2D eigenvalue weighted by molar-refractivity contribution is -0.155. The summed E-state index contributed by atoms with van der Waals surface area (Å²) in [4.78, 5) is 14.4. The number of piperidine rings is 1. The van der Waals surface area contributed by atoms with Crippen LogP contribution in [0, 0.1) is 5.41 Å². The van der Waals surface area contributed by atoms with Crippen LogP contribution in [0.1, 0.15) is 12.8 Å². The van der Waals surface area contributed by atoms with Crippen LogP contribution in [0.15, 0.2) is 24.3 Å². The van der Waals surface area contributed by atoms with Gasteiger partial charge in [0.15, 0.2) is 11.5 Å². The number of carbonyl (C=O) groups is 1. The van der Waals surface area contributed by atoms with E-state index in [9.17, 15) is 4.79 Å². The van der Waals surface area contributed by atoms with Crippen molar-refractivity contribution < 1.29 is 14.3 Å². The molecule has 5 nitrogen and oxygen atoms in total. The summed E-state index contributed by atoms with van der Waals surface area (Å²) in [6.07, 6.45) is 1.84. The first-order chi connectivity index (χ1) is 10.3. The molecule has 2 fully saturated rings. The van der Waals surface area contributed by atoms with Crippen molar-refractivity contribution in [3.63, 3.8) is 0 Å². The summed E-state index contributed by atoms with van der Waals surface area (Å²) in [5.41, 5.74) is 0.355. The minimum Gasteiger partial charge on any atom is -0.485 e. The first kappa shape index (κ1) is 13.0. The highest BCUT2D eigenvalue weighted by Gasteiger charge is 2.47. The van der Waals surface area contributed by atoms with Gasteiger partial charge in [0.1, 0.15) is 6.61 Å². The van der Waals surface area contributed by atoms with E-state index in [-0.39, 0.29) is 5.91 Å². The molecule has 5 heteroatoms. The Morgan fingerprint density at radius 1 is 1.19 bits per heavy atom. The Morgan fingerprint density at radius 3 is 2.67 bits per heavy atom. The zero-order valence-electron chi connectivity index (χ0n) is 12.0. The summed E-state index contributed by atoms with van der Waals surface area (Å²) >= 11 is 0. The summed E-state index contributed by atoms with van der Waals surface area (Å²) in [7, 11) is 0. The second-order valence-electron chi connectivity index (χ2n) is 6.31. The predicted octanol–water partition coefficient (Wildman–Crippen LogP) is 1.04. The third-order valence-electron chi connectivity index (χ3n) is 4.81. The van der Waals surface area contributed by atoms with Crippen molar-refractivity contribution >= 4 is 5.91 Å². The molecular weight excluding hydrogens is 268 g/mol. The number of hydrogen-bond donors (Lipinski definition) is 1. The highest BCUT2D eigenvalue weighted by atomic mass is 16.6. The number of amides is 1. The van der Waals surface area contributed by atoms with Gasteiger partial charge in [-0.05, 0) is 38.1 Å². The van der Waals surface area contributed by atoms with Gasteiger partial charge in [0, 0.05) is 18.5 Å². The van der Waals surface area contributed by atoms with Crippen molar-refractivity contribution in [2.45, 2.75) is 18.9 Å². The molecule has 0 aliphatic carbocycles. The molecule has 1 atom stereocenters. The summed E-state index contributed by atoms with van der Waals surface area (Å²) in [5.74, 6) is 1.45. The molecular formula is C16H20N2O3. The van der Waals surface area contributed by atoms with Crippen molar-refractivity contribution in [3.8, 4) is 11.5 Å². The number of benzene rings is 1. The zero-order valence-corrected chi connectivity index (χ0v) is 12.0. The van der Waals surface area contributed by atoms with Crippen LogP contribution in [0.25, 0.3) is 0 Å². The average molecular weight is 288 g/mol. The Labute approximate surface area is 124 Å². The number of nitrogens with one attached hydrogen (secondary N) is 1. The number of likely N-dealkylation sites (tertiary alicyclic amines) is 1. The smallest absolute Gasteiger partial charge is 0.267 e. The van der Waals surface area contributed by atoms with E-state index in [1.165, 1.54) is 12.8 Å². The minimum atomic E-state index is -0.501. The molecule has 0 radical (unpaired) electrons. The van der Waals surface area contributed by atoms with Gasteiger partial charge in [0.05, 0.1) is 0 Å². The van der Waals surface area contributed by atoms with Gasteiger partial charge in [-0.2, -0.15) is 0 Å². The predicted molar refractivity (Wildman–Crippen MR) is 77.5 cm³/mol. The Balaban J connectivity index is 1.39. The standard InChI is InChI=1S/C16H20N2O3/c19-15(18-10-16(11-18)5-7-17-8-6-16)14-9-20-12-3-1-2-4-13(12)21-14/h1-4,14,17H,5-11H2.